The molecule has 12 N–H and O–H groups in total. The van der Waals surface area contributed by atoms with Gasteiger partial charge in [0.05, 0.1) is 11.4 Å². The minimum atomic E-state index is -5.81. The predicted molar refractivity (Wildman–Crippen MR) is 140 cm³/mol. The van der Waals surface area contributed by atoms with Gasteiger partial charge in [-0.1, -0.05) is 6.07 Å². The van der Waals surface area contributed by atoms with Gasteiger partial charge in [-0.15, -0.1) is 0 Å². The molecule has 0 aliphatic carbocycles. The predicted octanol–water partition coefficient (Wildman–Crippen LogP) is -2.08. The molecule has 244 valence electrons. The molecule has 0 saturated heterocycles. The molecule has 22 nitrogen and oxygen atoms in total. The topological polar surface area (TPSA) is 368 Å². The second kappa shape index (κ2) is 13.3. The van der Waals surface area contributed by atoms with Crippen LogP contribution in [0.2, 0.25) is 0 Å². The van der Waals surface area contributed by atoms with Gasteiger partial charge in [0.15, 0.2) is 0 Å². The first kappa shape index (κ1) is 38.1. The average molecular weight is 728 g/mol. The summed E-state index contributed by atoms with van der Waals surface area (Å²) < 4.78 is 72.9. The highest BCUT2D eigenvalue weighted by molar-refractivity contribution is 7.71. The van der Waals surface area contributed by atoms with Gasteiger partial charge in [0.25, 0.3) is 0 Å². The highest BCUT2D eigenvalue weighted by Crippen LogP contribution is 2.64. The van der Waals surface area contributed by atoms with Gasteiger partial charge >= 0.3 is 45.6 Å². The van der Waals surface area contributed by atoms with E-state index in [-0.39, 0.29) is 11.4 Å². The lowest BCUT2D eigenvalue weighted by Gasteiger charge is -2.39. The minimum Gasteiger partial charge on any atom is -0.323 e. The van der Waals surface area contributed by atoms with Crippen LogP contribution in [-0.4, -0.2) is 121 Å². The molecule has 28 heteroatoms. The summed E-state index contributed by atoms with van der Waals surface area (Å²) in [5.74, 6) is 0. The SMILES string of the molecule is O=P(O)(O)C(N1CCN(C(P(=O)(O)O)P(=O)(O)O)Cc2cccc(n2)CN(C(P(=O)(O)O)P(=O)(O)O)CC1)P(=O)(O)O. The first-order chi connectivity index (χ1) is 18.6. The summed E-state index contributed by atoms with van der Waals surface area (Å²) in [6.45, 7) is -5.46. The summed E-state index contributed by atoms with van der Waals surface area (Å²) >= 11 is 0. The van der Waals surface area contributed by atoms with Crippen molar-refractivity contribution in [3.8, 4) is 0 Å². The molecule has 1 aliphatic rings. The van der Waals surface area contributed by atoms with Gasteiger partial charge in [-0.3, -0.25) is 47.1 Å². The van der Waals surface area contributed by atoms with E-state index in [1.807, 2.05) is 0 Å². The molecule has 0 fully saturated rings. The summed E-state index contributed by atoms with van der Waals surface area (Å²) in [5, 5.41) is 0. The largest absolute Gasteiger partial charge is 0.354 e. The van der Waals surface area contributed by atoms with Crippen LogP contribution >= 0.6 is 45.6 Å². The van der Waals surface area contributed by atoms with Crippen molar-refractivity contribution < 1.29 is 86.1 Å². The highest BCUT2D eigenvalue weighted by atomic mass is 31.2. The normalized spacial score (nSPS) is 18.8. The average Bonchev–Trinajstić information content (AvgIpc) is 2.68. The molecule has 1 aromatic heterocycles. The molecule has 0 atom stereocenters. The molecule has 0 radical (unpaired) electrons. The zero-order valence-electron chi connectivity index (χ0n) is 21.0. The Morgan fingerprint density at radius 2 is 0.714 bits per heavy atom. The first-order valence-corrected chi connectivity index (χ1v) is 21.2. The van der Waals surface area contributed by atoms with Gasteiger partial charge in [-0.25, -0.2) is 0 Å². The number of hydrogen-bond acceptors (Lipinski definition) is 10. The van der Waals surface area contributed by atoms with Gasteiger partial charge in [0.1, 0.15) is 0 Å². The van der Waals surface area contributed by atoms with Gasteiger partial charge in [-0.2, -0.15) is 0 Å². The lowest BCUT2D eigenvalue weighted by Crippen LogP contribution is -2.48. The van der Waals surface area contributed by atoms with Gasteiger partial charge in [0, 0.05) is 39.3 Å². The van der Waals surface area contributed by atoms with E-state index in [2.05, 4.69) is 4.98 Å². The fourth-order valence-electron chi connectivity index (χ4n) is 4.39. The van der Waals surface area contributed by atoms with Crippen molar-refractivity contribution in [2.45, 2.75) is 29.7 Å². The third-order valence-electron chi connectivity index (χ3n) is 5.73. The number of rotatable bonds is 9. The maximum absolute atomic E-state index is 12.2. The lowest BCUT2D eigenvalue weighted by atomic mass is 10.2. The second-order valence-corrected chi connectivity index (χ2v) is 20.4. The zero-order valence-corrected chi connectivity index (χ0v) is 26.4. The van der Waals surface area contributed by atoms with Crippen molar-refractivity contribution in [1.29, 1.82) is 0 Å². The number of aromatic nitrogens is 1. The van der Waals surface area contributed by atoms with Crippen LogP contribution in [0, 0.1) is 0 Å². The third kappa shape index (κ3) is 10.5. The number of fused-ring (bicyclic) bond motifs is 2. The van der Waals surface area contributed by atoms with Crippen LogP contribution in [-0.2, 0) is 40.5 Å². The Hall–Kier alpha value is -0.0700. The van der Waals surface area contributed by atoms with Crippen LogP contribution < -0.4 is 0 Å². The molecule has 42 heavy (non-hydrogen) atoms. The molecule has 0 spiro atoms. The number of hydrogen-bond donors (Lipinski definition) is 12. The quantitative estimate of drug-likeness (QED) is 0.121. The van der Waals surface area contributed by atoms with Gasteiger partial charge in [-0.05, 0) is 12.1 Å². The fourth-order valence-corrected chi connectivity index (χ4v) is 12.9. The summed E-state index contributed by atoms with van der Waals surface area (Å²) in [5.41, 5.74) is -9.03. The molecular weight excluding hydrogens is 698 g/mol. The fraction of sp³-hybridized carbons (Fsp3) is 0.643. The molecule has 0 saturated carbocycles. The van der Waals surface area contributed by atoms with Crippen LogP contribution in [0.5, 0.6) is 0 Å². The lowest BCUT2D eigenvalue weighted by molar-refractivity contribution is 0.142. The Labute approximate surface area is 237 Å². The summed E-state index contributed by atoms with van der Waals surface area (Å²) in [4.78, 5) is 122. The van der Waals surface area contributed by atoms with Crippen LogP contribution in [0.1, 0.15) is 11.4 Å². The van der Waals surface area contributed by atoms with E-state index in [4.69, 9.17) is 0 Å². The van der Waals surface area contributed by atoms with Crippen molar-refractivity contribution in [2.75, 3.05) is 26.2 Å². The minimum absolute atomic E-state index is 0.183. The Kier molecular flexibility index (Phi) is 12.1. The van der Waals surface area contributed by atoms with Crippen LogP contribution in [0.25, 0.3) is 0 Å². The Morgan fingerprint density at radius 1 is 0.476 bits per heavy atom. The van der Waals surface area contributed by atoms with Gasteiger partial charge < -0.3 is 58.7 Å². The van der Waals surface area contributed by atoms with E-state index < -0.39 is 101 Å². The number of nitrogens with zero attached hydrogens (tertiary/aromatic N) is 4. The standard InChI is InChI=1S/C14H30N4O18P6/c19-37(20,21)12(38(22,23)24)16-4-6-17(13(39(25,26)27)40(28,29)30)8-10-2-1-3-11(15-10)9-18(7-5-16)14(41(31,32)33)42(34,35)36/h1-3,12-14H,4-9H2,(H2,19,20,21)(H2,22,23,24)(H2,25,26,27)(H2,28,29,30)(H2,31,32,33)(H2,34,35,36). The van der Waals surface area contributed by atoms with Crippen molar-refractivity contribution in [1.82, 2.24) is 19.7 Å². The van der Waals surface area contributed by atoms with Crippen LogP contribution in [0.4, 0.5) is 0 Å². The molecule has 0 aromatic carbocycles. The van der Waals surface area contributed by atoms with Crippen LogP contribution in [0.3, 0.4) is 0 Å². The van der Waals surface area contributed by atoms with E-state index in [0.29, 0.717) is 14.7 Å². The zero-order chi connectivity index (χ0) is 32.7. The monoisotopic (exact) mass is 728 g/mol. The molecular formula is C14H30N4O18P6. The Balaban J connectivity index is 2.81. The summed E-state index contributed by atoms with van der Waals surface area (Å²) in [6, 6.07) is 3.65. The molecule has 0 amide bonds. The van der Waals surface area contributed by atoms with Gasteiger partial charge in [0.2, 0.25) is 16.6 Å². The molecule has 0 unspecified atom stereocenters. The van der Waals surface area contributed by atoms with Crippen molar-refractivity contribution >= 4 is 45.6 Å². The second-order valence-electron chi connectivity index (χ2n) is 9.17. The highest BCUT2D eigenvalue weighted by Gasteiger charge is 2.52. The third-order valence-corrected chi connectivity index (χ3v) is 16.7. The molecule has 1 aromatic rings. The van der Waals surface area contributed by atoms with E-state index >= 15 is 0 Å². The summed E-state index contributed by atoms with van der Waals surface area (Å²) in [7, 11) is -34.4. The van der Waals surface area contributed by atoms with Crippen molar-refractivity contribution in [2.24, 2.45) is 0 Å². The maximum atomic E-state index is 12.2. The molecule has 2 rings (SSSR count). The molecule has 2 heterocycles. The van der Waals surface area contributed by atoms with Crippen LogP contribution in [0.15, 0.2) is 18.2 Å². The first-order valence-electron chi connectivity index (χ1n) is 11.1. The van der Waals surface area contributed by atoms with E-state index in [1.54, 1.807) is 0 Å². The smallest absolute Gasteiger partial charge is 0.323 e. The van der Waals surface area contributed by atoms with E-state index in [9.17, 15) is 86.1 Å². The van der Waals surface area contributed by atoms with Crippen molar-refractivity contribution in [3.05, 3.63) is 29.6 Å². The van der Waals surface area contributed by atoms with E-state index in [1.165, 1.54) is 18.2 Å². The maximum Gasteiger partial charge on any atom is 0.354 e. The molecule has 1 aliphatic heterocycles. The number of pyridine rings is 1. The Bertz CT molecular complexity index is 1270. The van der Waals surface area contributed by atoms with E-state index in [0.717, 1.165) is 0 Å². The van der Waals surface area contributed by atoms with Crippen molar-refractivity contribution in [3.63, 3.8) is 0 Å². The molecule has 2 bridgehead atoms. The Morgan fingerprint density at radius 3 is 0.976 bits per heavy atom. The summed E-state index contributed by atoms with van der Waals surface area (Å²) in [6.07, 6.45) is 0.